The Hall–Kier alpha value is -2.71. The van der Waals surface area contributed by atoms with E-state index in [0.717, 1.165) is 17.8 Å². The molecule has 0 spiro atoms. The van der Waals surface area contributed by atoms with E-state index in [1.165, 1.54) is 7.11 Å². The van der Waals surface area contributed by atoms with Gasteiger partial charge in [0.1, 0.15) is 16.8 Å². The van der Waals surface area contributed by atoms with Crippen LogP contribution in [0.15, 0.2) is 35.4 Å². The summed E-state index contributed by atoms with van der Waals surface area (Å²) in [6.45, 7) is 0. The maximum atomic E-state index is 13.3. The summed E-state index contributed by atoms with van der Waals surface area (Å²) in [7, 11) is 1.48. The summed E-state index contributed by atoms with van der Waals surface area (Å²) in [6.07, 6.45) is -4.70. The molecule has 0 amide bonds. The topological polar surface area (TPSA) is 69.7 Å². The van der Waals surface area contributed by atoms with Gasteiger partial charge in [0.2, 0.25) is 0 Å². The Labute approximate surface area is 140 Å². The van der Waals surface area contributed by atoms with Gasteiger partial charge in [-0.25, -0.2) is 4.98 Å². The molecule has 2 rings (SSSR count). The van der Waals surface area contributed by atoms with Crippen LogP contribution in [0.3, 0.4) is 0 Å². The van der Waals surface area contributed by atoms with Gasteiger partial charge in [-0.2, -0.15) is 23.7 Å². The largest absolute Gasteiger partial charge is 0.497 e. The van der Waals surface area contributed by atoms with Gasteiger partial charge in [0.25, 0.3) is 0 Å². The Balaban J connectivity index is 2.63. The average Bonchev–Trinajstić information content (AvgIpc) is 2.58. The molecule has 0 unspecified atom stereocenters. The first kappa shape index (κ1) is 17.6. The molecule has 0 radical (unpaired) electrons. The van der Waals surface area contributed by atoms with Gasteiger partial charge < -0.3 is 4.74 Å². The number of ether oxygens (including phenoxy) is 1. The van der Waals surface area contributed by atoms with Crippen molar-refractivity contribution >= 4 is 11.8 Å². The van der Waals surface area contributed by atoms with Crippen molar-refractivity contribution in [1.29, 1.82) is 10.5 Å². The van der Waals surface area contributed by atoms with Crippen molar-refractivity contribution in [3.05, 3.63) is 41.5 Å². The van der Waals surface area contributed by atoms with Gasteiger partial charge in [0.05, 0.1) is 35.8 Å². The fraction of sp³-hybridized carbons (Fsp3) is 0.188. The first-order valence-corrected chi connectivity index (χ1v) is 7.55. The van der Waals surface area contributed by atoms with Gasteiger partial charge in [-0.05, 0) is 30.3 Å². The predicted molar refractivity (Wildman–Crippen MR) is 82.3 cm³/mol. The van der Waals surface area contributed by atoms with Gasteiger partial charge in [-0.1, -0.05) is 11.8 Å². The lowest BCUT2D eigenvalue weighted by Gasteiger charge is -2.13. The van der Waals surface area contributed by atoms with Gasteiger partial charge in [0, 0.05) is 5.56 Å². The van der Waals surface area contributed by atoms with Crippen molar-refractivity contribution in [1.82, 2.24) is 4.98 Å². The highest BCUT2D eigenvalue weighted by atomic mass is 32.2. The summed E-state index contributed by atoms with van der Waals surface area (Å²) in [5, 5.41) is 17.6. The van der Waals surface area contributed by atoms with Crippen LogP contribution in [0.4, 0.5) is 13.2 Å². The minimum Gasteiger partial charge on any atom is -0.497 e. The molecule has 0 aliphatic heterocycles. The van der Waals surface area contributed by atoms with Gasteiger partial charge in [0.15, 0.2) is 0 Å². The number of nitriles is 2. The van der Waals surface area contributed by atoms with Crippen molar-refractivity contribution in [3.8, 4) is 29.1 Å². The second-order valence-electron chi connectivity index (χ2n) is 4.52. The quantitative estimate of drug-likeness (QED) is 0.771. The van der Waals surface area contributed by atoms with Crippen LogP contribution in [-0.4, -0.2) is 17.8 Å². The van der Waals surface area contributed by atoms with Crippen LogP contribution in [0.1, 0.15) is 11.1 Å². The lowest BCUT2D eigenvalue weighted by Crippen LogP contribution is -2.10. The van der Waals surface area contributed by atoms with Gasteiger partial charge >= 0.3 is 6.18 Å². The zero-order valence-electron chi connectivity index (χ0n) is 12.4. The molecule has 0 saturated heterocycles. The second-order valence-corrected chi connectivity index (χ2v) is 5.48. The lowest BCUT2D eigenvalue weighted by atomic mass is 10.1. The van der Waals surface area contributed by atoms with Crippen LogP contribution in [0.2, 0.25) is 0 Å². The zero-order valence-corrected chi connectivity index (χ0v) is 13.2. The molecule has 0 aliphatic rings. The Morgan fingerprint density at radius 1 is 1.21 bits per heavy atom. The van der Waals surface area contributed by atoms with E-state index in [2.05, 4.69) is 4.98 Å². The van der Waals surface area contributed by atoms with E-state index < -0.39 is 17.3 Å². The van der Waals surface area contributed by atoms with E-state index in [-0.39, 0.29) is 16.5 Å². The number of halogens is 3. The fourth-order valence-corrected chi connectivity index (χ4v) is 2.63. The van der Waals surface area contributed by atoms with Crippen molar-refractivity contribution in [2.75, 3.05) is 12.9 Å². The molecule has 2 aromatic rings. The van der Waals surface area contributed by atoms with E-state index in [0.29, 0.717) is 11.3 Å². The molecule has 1 aromatic heterocycles. The summed E-state index contributed by atoms with van der Waals surface area (Å²) in [5.41, 5.74) is -1.11. The van der Waals surface area contributed by atoms with Gasteiger partial charge in [-0.3, -0.25) is 0 Å². The number of rotatable bonds is 4. The number of methoxy groups -OCH3 is 1. The first-order valence-electron chi connectivity index (χ1n) is 6.57. The second kappa shape index (κ2) is 7.24. The highest BCUT2D eigenvalue weighted by molar-refractivity contribution is 7.99. The monoisotopic (exact) mass is 349 g/mol. The average molecular weight is 349 g/mol. The molecule has 24 heavy (non-hydrogen) atoms. The van der Waals surface area contributed by atoms with E-state index in [1.54, 1.807) is 30.3 Å². The van der Waals surface area contributed by atoms with Crippen LogP contribution in [0.5, 0.6) is 5.75 Å². The fourth-order valence-electron chi connectivity index (χ4n) is 1.97. The maximum absolute atomic E-state index is 13.3. The molecule has 0 N–H and O–H groups in total. The summed E-state index contributed by atoms with van der Waals surface area (Å²) < 4.78 is 44.8. The number of hydrogen-bond donors (Lipinski definition) is 0. The minimum atomic E-state index is -4.70. The highest BCUT2D eigenvalue weighted by Gasteiger charge is 2.36. The standard InChI is InChI=1S/C16H10F3N3OS/c1-23-11-4-2-10(3-5-11)14-8-13(16(17,18)19)12(9-21)15(22-14)24-7-6-20/h2-5,8H,7H2,1H3. The van der Waals surface area contributed by atoms with E-state index in [4.69, 9.17) is 15.3 Å². The molecule has 0 aliphatic carbocycles. The highest BCUT2D eigenvalue weighted by Crippen LogP contribution is 2.38. The number of thioether (sulfide) groups is 1. The molecule has 0 saturated carbocycles. The predicted octanol–water partition coefficient (Wildman–Crippen LogP) is 4.26. The van der Waals surface area contributed by atoms with Crippen molar-refractivity contribution in [2.24, 2.45) is 0 Å². The maximum Gasteiger partial charge on any atom is 0.417 e. The molecule has 1 aromatic carbocycles. The number of pyridine rings is 1. The van der Waals surface area contributed by atoms with Crippen molar-refractivity contribution in [2.45, 2.75) is 11.2 Å². The van der Waals surface area contributed by atoms with Crippen LogP contribution in [0, 0.1) is 22.7 Å². The molecule has 122 valence electrons. The smallest absolute Gasteiger partial charge is 0.417 e. The van der Waals surface area contributed by atoms with Crippen molar-refractivity contribution in [3.63, 3.8) is 0 Å². The van der Waals surface area contributed by atoms with Gasteiger partial charge in [-0.15, -0.1) is 0 Å². The number of alkyl halides is 3. The first-order chi connectivity index (χ1) is 11.4. The zero-order chi connectivity index (χ0) is 17.7. The normalized spacial score (nSPS) is 10.8. The van der Waals surface area contributed by atoms with E-state index in [9.17, 15) is 13.2 Å². The molecule has 4 nitrogen and oxygen atoms in total. The van der Waals surface area contributed by atoms with Crippen LogP contribution < -0.4 is 4.74 Å². The number of benzene rings is 1. The Bertz CT molecular complexity index is 821. The third kappa shape index (κ3) is 3.79. The third-order valence-corrected chi connectivity index (χ3v) is 3.90. The number of aromatic nitrogens is 1. The molecule has 8 heteroatoms. The molecule has 0 fully saturated rings. The minimum absolute atomic E-state index is 0.0735. The number of hydrogen-bond acceptors (Lipinski definition) is 5. The van der Waals surface area contributed by atoms with E-state index >= 15 is 0 Å². The molecular weight excluding hydrogens is 339 g/mol. The van der Waals surface area contributed by atoms with Crippen LogP contribution >= 0.6 is 11.8 Å². The number of nitrogens with zero attached hydrogens (tertiary/aromatic N) is 3. The SMILES string of the molecule is COc1ccc(-c2cc(C(F)(F)F)c(C#N)c(SCC#N)n2)cc1. The van der Waals surface area contributed by atoms with Crippen LogP contribution in [-0.2, 0) is 6.18 Å². The summed E-state index contributed by atoms with van der Waals surface area (Å²) in [5.74, 6) is 0.452. The summed E-state index contributed by atoms with van der Waals surface area (Å²) in [6, 6.07) is 10.6. The van der Waals surface area contributed by atoms with Crippen LogP contribution in [0.25, 0.3) is 11.3 Å². The third-order valence-electron chi connectivity index (χ3n) is 3.06. The molecule has 0 atom stereocenters. The Morgan fingerprint density at radius 2 is 1.88 bits per heavy atom. The molecular formula is C16H10F3N3OS. The lowest BCUT2D eigenvalue weighted by molar-refractivity contribution is -0.138. The molecule has 0 bridgehead atoms. The molecule has 1 heterocycles. The Morgan fingerprint density at radius 3 is 2.38 bits per heavy atom. The summed E-state index contributed by atoms with van der Waals surface area (Å²) in [4.78, 5) is 4.13. The summed E-state index contributed by atoms with van der Waals surface area (Å²) >= 11 is 0.799. The van der Waals surface area contributed by atoms with Crippen molar-refractivity contribution < 1.29 is 17.9 Å². The van der Waals surface area contributed by atoms with E-state index in [1.807, 2.05) is 6.07 Å². The Kier molecular flexibility index (Phi) is 5.32.